The van der Waals surface area contributed by atoms with E-state index in [1.54, 1.807) is 0 Å². The number of nitrogens with two attached hydrogens (primary N) is 1. The standard InChI is InChI=1S/C6H15N3/c1-6(4-8)5-9-3-2-7/h4,6,8-9H,2-3,5,7H2,1H3. The highest BCUT2D eigenvalue weighted by Gasteiger charge is 1.92. The zero-order chi connectivity index (χ0) is 7.11. The van der Waals surface area contributed by atoms with Crippen LogP contribution in [0.1, 0.15) is 6.92 Å². The van der Waals surface area contributed by atoms with Crippen molar-refractivity contribution in [2.75, 3.05) is 19.6 Å². The topological polar surface area (TPSA) is 61.9 Å². The number of nitrogens with one attached hydrogen (secondary N) is 2. The van der Waals surface area contributed by atoms with E-state index >= 15 is 0 Å². The van der Waals surface area contributed by atoms with Crippen LogP contribution >= 0.6 is 0 Å². The molecule has 0 fully saturated rings. The lowest BCUT2D eigenvalue weighted by Crippen LogP contribution is -2.27. The van der Waals surface area contributed by atoms with Crippen LogP contribution in [0.15, 0.2) is 0 Å². The third-order valence-corrected chi connectivity index (χ3v) is 1.07. The maximum Gasteiger partial charge on any atom is 0.00747 e. The number of hydrogen-bond acceptors (Lipinski definition) is 3. The van der Waals surface area contributed by atoms with Gasteiger partial charge in [0, 0.05) is 25.6 Å². The highest BCUT2D eigenvalue weighted by atomic mass is 14.9. The van der Waals surface area contributed by atoms with Gasteiger partial charge in [-0.25, -0.2) is 0 Å². The molecule has 4 N–H and O–H groups in total. The van der Waals surface area contributed by atoms with Gasteiger partial charge in [0.05, 0.1) is 0 Å². The first-order valence-electron chi connectivity index (χ1n) is 3.22. The van der Waals surface area contributed by atoms with Crippen LogP contribution in [0.3, 0.4) is 0 Å². The summed E-state index contributed by atoms with van der Waals surface area (Å²) < 4.78 is 0. The first kappa shape index (κ1) is 8.59. The molecule has 0 spiro atoms. The van der Waals surface area contributed by atoms with Gasteiger partial charge in [-0.15, -0.1) is 0 Å². The largest absolute Gasteiger partial charge is 0.329 e. The SMILES string of the molecule is CC(C=N)CNCCN. The van der Waals surface area contributed by atoms with Gasteiger partial charge in [0.1, 0.15) is 0 Å². The smallest absolute Gasteiger partial charge is 0.00747 e. The van der Waals surface area contributed by atoms with Gasteiger partial charge in [-0.3, -0.25) is 0 Å². The molecule has 0 radical (unpaired) electrons. The summed E-state index contributed by atoms with van der Waals surface area (Å²) in [5.41, 5.74) is 5.24. The lowest BCUT2D eigenvalue weighted by Gasteiger charge is -2.04. The minimum absolute atomic E-state index is 0.330. The van der Waals surface area contributed by atoms with Gasteiger partial charge in [-0.1, -0.05) is 6.92 Å². The van der Waals surface area contributed by atoms with Crippen LogP contribution in [0.4, 0.5) is 0 Å². The lowest BCUT2D eigenvalue weighted by molar-refractivity contribution is 0.625. The van der Waals surface area contributed by atoms with E-state index in [1.807, 2.05) is 6.92 Å². The van der Waals surface area contributed by atoms with Crippen LogP contribution in [0.2, 0.25) is 0 Å². The number of hydrogen-bond donors (Lipinski definition) is 3. The second-order valence-corrected chi connectivity index (χ2v) is 2.14. The van der Waals surface area contributed by atoms with Crippen molar-refractivity contribution in [1.29, 1.82) is 5.41 Å². The van der Waals surface area contributed by atoms with Crippen molar-refractivity contribution < 1.29 is 0 Å². The summed E-state index contributed by atoms with van der Waals surface area (Å²) in [6.45, 7) is 4.38. The molecule has 54 valence electrons. The Balaban J connectivity index is 2.96. The maximum absolute atomic E-state index is 6.85. The van der Waals surface area contributed by atoms with E-state index < -0.39 is 0 Å². The second-order valence-electron chi connectivity index (χ2n) is 2.14. The summed E-state index contributed by atoms with van der Waals surface area (Å²) in [5.74, 6) is 0.330. The Bertz CT molecular complexity index is 72.7. The maximum atomic E-state index is 6.85. The molecule has 0 aliphatic carbocycles. The van der Waals surface area contributed by atoms with Crippen molar-refractivity contribution in [3.8, 4) is 0 Å². The predicted octanol–water partition coefficient (Wildman–Crippen LogP) is -0.180. The Morgan fingerprint density at radius 2 is 2.44 bits per heavy atom. The van der Waals surface area contributed by atoms with Crippen LogP contribution < -0.4 is 11.1 Å². The Morgan fingerprint density at radius 1 is 1.78 bits per heavy atom. The van der Waals surface area contributed by atoms with E-state index in [-0.39, 0.29) is 0 Å². The summed E-state index contributed by atoms with van der Waals surface area (Å²) in [4.78, 5) is 0. The van der Waals surface area contributed by atoms with E-state index in [0.717, 1.165) is 13.1 Å². The van der Waals surface area contributed by atoms with Gasteiger partial charge < -0.3 is 16.5 Å². The minimum Gasteiger partial charge on any atom is -0.329 e. The molecule has 3 nitrogen and oxygen atoms in total. The monoisotopic (exact) mass is 129 g/mol. The Labute approximate surface area is 56.1 Å². The third-order valence-electron chi connectivity index (χ3n) is 1.07. The van der Waals surface area contributed by atoms with E-state index in [0.29, 0.717) is 12.5 Å². The van der Waals surface area contributed by atoms with Gasteiger partial charge in [0.25, 0.3) is 0 Å². The molecule has 0 saturated carbocycles. The Morgan fingerprint density at radius 3 is 2.89 bits per heavy atom. The highest BCUT2D eigenvalue weighted by Crippen LogP contribution is 1.83. The first-order chi connectivity index (χ1) is 4.31. The summed E-state index contributed by atoms with van der Waals surface area (Å²) >= 11 is 0. The fourth-order valence-electron chi connectivity index (χ4n) is 0.491. The van der Waals surface area contributed by atoms with Crippen molar-refractivity contribution in [2.24, 2.45) is 11.7 Å². The molecular weight excluding hydrogens is 114 g/mol. The molecule has 0 aliphatic rings. The van der Waals surface area contributed by atoms with Crippen molar-refractivity contribution in [1.82, 2.24) is 5.32 Å². The van der Waals surface area contributed by atoms with Crippen molar-refractivity contribution >= 4 is 6.21 Å². The summed E-state index contributed by atoms with van der Waals surface area (Å²) in [7, 11) is 0. The van der Waals surface area contributed by atoms with Crippen LogP contribution in [0, 0.1) is 11.3 Å². The Hall–Kier alpha value is -0.410. The molecule has 0 aliphatic heterocycles. The van der Waals surface area contributed by atoms with Crippen LogP contribution in [0.25, 0.3) is 0 Å². The van der Waals surface area contributed by atoms with E-state index in [4.69, 9.17) is 11.1 Å². The average Bonchev–Trinajstić information content (AvgIpc) is 1.89. The quantitative estimate of drug-likeness (QED) is 0.356. The average molecular weight is 129 g/mol. The van der Waals surface area contributed by atoms with Crippen molar-refractivity contribution in [3.63, 3.8) is 0 Å². The highest BCUT2D eigenvalue weighted by molar-refractivity contribution is 5.56. The third kappa shape index (κ3) is 5.46. The normalized spacial score (nSPS) is 13.1. The fourth-order valence-corrected chi connectivity index (χ4v) is 0.491. The molecule has 0 bridgehead atoms. The molecule has 1 atom stereocenters. The van der Waals surface area contributed by atoms with E-state index in [1.165, 1.54) is 6.21 Å². The molecule has 3 heteroatoms. The molecule has 0 heterocycles. The summed E-state index contributed by atoms with van der Waals surface area (Å²) in [6, 6.07) is 0. The molecule has 9 heavy (non-hydrogen) atoms. The van der Waals surface area contributed by atoms with E-state index in [2.05, 4.69) is 5.32 Å². The molecule has 0 aromatic carbocycles. The summed E-state index contributed by atoms with van der Waals surface area (Å²) in [6.07, 6.45) is 1.43. The molecule has 0 aromatic rings. The molecule has 1 unspecified atom stereocenters. The molecule has 0 saturated heterocycles. The van der Waals surface area contributed by atoms with Crippen molar-refractivity contribution in [3.05, 3.63) is 0 Å². The molecular formula is C6H15N3. The number of rotatable bonds is 5. The first-order valence-corrected chi connectivity index (χ1v) is 3.22. The molecule has 0 rings (SSSR count). The summed E-state index contributed by atoms with van der Waals surface area (Å²) in [5, 5.41) is 9.96. The van der Waals surface area contributed by atoms with E-state index in [9.17, 15) is 0 Å². The zero-order valence-corrected chi connectivity index (χ0v) is 5.85. The van der Waals surface area contributed by atoms with Crippen molar-refractivity contribution in [2.45, 2.75) is 6.92 Å². The van der Waals surface area contributed by atoms with Gasteiger partial charge in [0.15, 0.2) is 0 Å². The van der Waals surface area contributed by atoms with Gasteiger partial charge in [0.2, 0.25) is 0 Å². The Kier molecular flexibility index (Phi) is 5.46. The van der Waals surface area contributed by atoms with Crippen LogP contribution in [-0.2, 0) is 0 Å². The molecule has 0 aromatic heterocycles. The van der Waals surface area contributed by atoms with Gasteiger partial charge in [-0.2, -0.15) is 0 Å². The zero-order valence-electron chi connectivity index (χ0n) is 5.85. The van der Waals surface area contributed by atoms with Gasteiger partial charge >= 0.3 is 0 Å². The second kappa shape index (κ2) is 5.72. The van der Waals surface area contributed by atoms with Crippen LogP contribution in [-0.4, -0.2) is 25.8 Å². The van der Waals surface area contributed by atoms with Crippen LogP contribution in [0.5, 0.6) is 0 Å². The molecule has 0 amide bonds. The fraction of sp³-hybridized carbons (Fsp3) is 0.833. The predicted molar refractivity (Wildman–Crippen MR) is 39.9 cm³/mol. The lowest BCUT2D eigenvalue weighted by atomic mass is 10.2. The minimum atomic E-state index is 0.330. The van der Waals surface area contributed by atoms with Gasteiger partial charge in [-0.05, 0) is 6.21 Å².